The number of carbonyl (C=O) groups excluding carboxylic acids is 1. The van der Waals surface area contributed by atoms with Crippen molar-refractivity contribution in [2.24, 2.45) is 0 Å². The van der Waals surface area contributed by atoms with E-state index in [1.165, 1.54) is 0 Å². The molecule has 4 nitrogen and oxygen atoms in total. The second kappa shape index (κ2) is 7.87. The smallest absolute Gasteiger partial charge is 0.225 e. The van der Waals surface area contributed by atoms with Crippen LogP contribution in [0.1, 0.15) is 19.8 Å². The highest BCUT2D eigenvalue weighted by atomic mass is 32.2. The summed E-state index contributed by atoms with van der Waals surface area (Å²) >= 11 is 1.79. The van der Waals surface area contributed by atoms with Crippen LogP contribution < -0.4 is 15.8 Å². The highest BCUT2D eigenvalue weighted by Crippen LogP contribution is 2.24. The first-order valence-corrected chi connectivity index (χ1v) is 7.14. The van der Waals surface area contributed by atoms with E-state index in [1.807, 2.05) is 0 Å². The minimum absolute atomic E-state index is 0.00419. The summed E-state index contributed by atoms with van der Waals surface area (Å²) in [6.45, 7) is 2.13. The third-order valence-corrected chi connectivity index (χ3v) is 3.54. The van der Waals surface area contributed by atoms with Gasteiger partial charge in [-0.1, -0.05) is 6.92 Å². The summed E-state index contributed by atoms with van der Waals surface area (Å²) < 4.78 is 5.05. The topological polar surface area (TPSA) is 64.3 Å². The van der Waals surface area contributed by atoms with Crippen molar-refractivity contribution in [3.05, 3.63) is 18.2 Å². The Morgan fingerprint density at radius 3 is 2.83 bits per heavy atom. The fourth-order valence-electron chi connectivity index (χ4n) is 1.41. The van der Waals surface area contributed by atoms with Gasteiger partial charge in [0.1, 0.15) is 5.75 Å². The van der Waals surface area contributed by atoms with Crippen LogP contribution in [-0.2, 0) is 4.79 Å². The summed E-state index contributed by atoms with van der Waals surface area (Å²) in [6, 6.07) is 5.23. The van der Waals surface area contributed by atoms with Gasteiger partial charge in [0.05, 0.1) is 18.5 Å². The second-order valence-corrected chi connectivity index (χ2v) is 5.09. The molecule has 0 aromatic heterocycles. The Hall–Kier alpha value is -1.36. The van der Waals surface area contributed by atoms with Crippen molar-refractivity contribution in [1.82, 2.24) is 0 Å². The molecular weight excluding hydrogens is 248 g/mol. The molecule has 1 aromatic rings. The summed E-state index contributed by atoms with van der Waals surface area (Å²) in [4.78, 5) is 11.7. The number of hydrogen-bond acceptors (Lipinski definition) is 4. The molecule has 18 heavy (non-hydrogen) atoms. The predicted octanol–water partition coefficient (Wildman–Crippen LogP) is 2.75. The number of methoxy groups -OCH3 is 1. The maximum Gasteiger partial charge on any atom is 0.225 e. The molecule has 0 saturated heterocycles. The van der Waals surface area contributed by atoms with Gasteiger partial charge in [-0.3, -0.25) is 4.79 Å². The Kier molecular flexibility index (Phi) is 6.43. The van der Waals surface area contributed by atoms with Gasteiger partial charge < -0.3 is 15.8 Å². The van der Waals surface area contributed by atoms with E-state index in [0.717, 1.165) is 17.9 Å². The maximum atomic E-state index is 11.7. The zero-order chi connectivity index (χ0) is 13.4. The van der Waals surface area contributed by atoms with Gasteiger partial charge in [0.15, 0.2) is 0 Å². The molecule has 1 rings (SSSR count). The van der Waals surface area contributed by atoms with Crippen LogP contribution in [0, 0.1) is 0 Å². The van der Waals surface area contributed by atoms with E-state index in [-0.39, 0.29) is 5.91 Å². The van der Waals surface area contributed by atoms with Gasteiger partial charge in [-0.25, -0.2) is 0 Å². The minimum atomic E-state index is -0.00419. The van der Waals surface area contributed by atoms with Crippen molar-refractivity contribution >= 4 is 29.0 Å². The van der Waals surface area contributed by atoms with Crippen LogP contribution in [0.2, 0.25) is 0 Å². The van der Waals surface area contributed by atoms with E-state index in [1.54, 1.807) is 37.1 Å². The Balaban J connectivity index is 2.44. The van der Waals surface area contributed by atoms with Gasteiger partial charge >= 0.3 is 0 Å². The molecule has 0 aliphatic heterocycles. The number of ether oxygens (including phenoxy) is 1. The molecule has 0 spiro atoms. The van der Waals surface area contributed by atoms with E-state index in [4.69, 9.17) is 10.5 Å². The molecule has 0 saturated carbocycles. The van der Waals surface area contributed by atoms with Gasteiger partial charge in [-0.15, -0.1) is 0 Å². The second-order valence-electron chi connectivity index (χ2n) is 3.86. The SMILES string of the molecule is CCCSCCC(=O)Nc1ccc(OC)cc1N. The van der Waals surface area contributed by atoms with E-state index < -0.39 is 0 Å². The number of hydrogen-bond donors (Lipinski definition) is 2. The van der Waals surface area contributed by atoms with E-state index >= 15 is 0 Å². The van der Waals surface area contributed by atoms with E-state index in [0.29, 0.717) is 23.5 Å². The highest BCUT2D eigenvalue weighted by molar-refractivity contribution is 7.99. The molecule has 0 fully saturated rings. The van der Waals surface area contributed by atoms with Crippen molar-refractivity contribution in [3.8, 4) is 5.75 Å². The summed E-state index contributed by atoms with van der Waals surface area (Å²) in [5, 5.41) is 2.81. The van der Waals surface area contributed by atoms with Crippen LogP contribution in [0.25, 0.3) is 0 Å². The average molecular weight is 268 g/mol. The molecule has 0 heterocycles. The Morgan fingerprint density at radius 1 is 1.44 bits per heavy atom. The summed E-state index contributed by atoms with van der Waals surface area (Å²) in [7, 11) is 1.58. The van der Waals surface area contributed by atoms with Crippen molar-refractivity contribution < 1.29 is 9.53 Å². The Bertz CT molecular complexity index is 397. The third kappa shape index (κ3) is 4.87. The number of rotatable bonds is 7. The van der Waals surface area contributed by atoms with E-state index in [9.17, 15) is 4.79 Å². The van der Waals surface area contributed by atoms with E-state index in [2.05, 4.69) is 12.2 Å². The Morgan fingerprint density at radius 2 is 2.22 bits per heavy atom. The molecule has 0 aliphatic rings. The molecule has 100 valence electrons. The summed E-state index contributed by atoms with van der Waals surface area (Å²) in [5.41, 5.74) is 6.98. The lowest BCUT2D eigenvalue weighted by atomic mass is 10.2. The summed E-state index contributed by atoms with van der Waals surface area (Å²) in [6.07, 6.45) is 1.65. The average Bonchev–Trinajstić information content (AvgIpc) is 2.37. The standard InChI is InChI=1S/C13H20N2O2S/c1-3-7-18-8-6-13(16)15-12-5-4-10(17-2)9-11(12)14/h4-5,9H,3,6-8,14H2,1-2H3,(H,15,16). The van der Waals surface area contributed by atoms with Crippen LogP contribution >= 0.6 is 11.8 Å². The quantitative estimate of drug-likeness (QED) is 0.589. The van der Waals surface area contributed by atoms with Gasteiger partial charge in [0.25, 0.3) is 0 Å². The normalized spacial score (nSPS) is 10.1. The maximum absolute atomic E-state index is 11.7. The molecule has 1 aromatic carbocycles. The van der Waals surface area contributed by atoms with Crippen molar-refractivity contribution in [2.45, 2.75) is 19.8 Å². The molecule has 0 unspecified atom stereocenters. The first-order valence-electron chi connectivity index (χ1n) is 5.98. The van der Waals surface area contributed by atoms with Crippen molar-refractivity contribution in [3.63, 3.8) is 0 Å². The number of carbonyl (C=O) groups is 1. The van der Waals surface area contributed by atoms with Gasteiger partial charge in [-0.2, -0.15) is 11.8 Å². The van der Waals surface area contributed by atoms with Crippen LogP contribution in [0.5, 0.6) is 5.75 Å². The number of amides is 1. The molecule has 5 heteroatoms. The Labute approximate surface area is 112 Å². The van der Waals surface area contributed by atoms with Gasteiger partial charge in [0.2, 0.25) is 5.91 Å². The lowest BCUT2D eigenvalue weighted by molar-refractivity contribution is -0.115. The lowest BCUT2D eigenvalue weighted by Gasteiger charge is -2.09. The number of nitrogen functional groups attached to an aromatic ring is 1. The number of nitrogens with two attached hydrogens (primary N) is 1. The van der Waals surface area contributed by atoms with Crippen molar-refractivity contribution in [2.75, 3.05) is 29.7 Å². The van der Waals surface area contributed by atoms with Gasteiger partial charge in [0, 0.05) is 18.2 Å². The van der Waals surface area contributed by atoms with Crippen LogP contribution in [0.4, 0.5) is 11.4 Å². The fraction of sp³-hybridized carbons (Fsp3) is 0.462. The number of benzene rings is 1. The van der Waals surface area contributed by atoms with Gasteiger partial charge in [-0.05, 0) is 24.3 Å². The number of nitrogens with one attached hydrogen (secondary N) is 1. The molecule has 0 radical (unpaired) electrons. The highest BCUT2D eigenvalue weighted by Gasteiger charge is 2.06. The molecule has 1 amide bonds. The fourth-order valence-corrected chi connectivity index (χ4v) is 2.23. The molecule has 0 aliphatic carbocycles. The first-order chi connectivity index (χ1) is 8.67. The zero-order valence-electron chi connectivity index (χ0n) is 10.9. The molecule has 0 bridgehead atoms. The first kappa shape index (κ1) is 14.7. The largest absolute Gasteiger partial charge is 0.497 e. The van der Waals surface area contributed by atoms with Crippen molar-refractivity contribution in [1.29, 1.82) is 0 Å². The summed E-state index contributed by atoms with van der Waals surface area (Å²) in [5.74, 6) is 2.62. The monoisotopic (exact) mass is 268 g/mol. The lowest BCUT2D eigenvalue weighted by Crippen LogP contribution is -2.13. The molecule has 3 N–H and O–H groups in total. The molecule has 0 atom stereocenters. The number of anilines is 2. The van der Waals surface area contributed by atoms with Crippen LogP contribution in [-0.4, -0.2) is 24.5 Å². The zero-order valence-corrected chi connectivity index (χ0v) is 11.7. The predicted molar refractivity (Wildman–Crippen MR) is 78.3 cm³/mol. The van der Waals surface area contributed by atoms with Crippen LogP contribution in [0.3, 0.4) is 0 Å². The molecular formula is C13H20N2O2S. The van der Waals surface area contributed by atoms with Crippen LogP contribution in [0.15, 0.2) is 18.2 Å². The minimum Gasteiger partial charge on any atom is -0.497 e. The number of thioether (sulfide) groups is 1. The third-order valence-electron chi connectivity index (χ3n) is 2.35.